The highest BCUT2D eigenvalue weighted by atomic mass is 35.5. The van der Waals surface area contributed by atoms with Crippen LogP contribution in [0.2, 0.25) is 5.02 Å². The van der Waals surface area contributed by atoms with Crippen molar-refractivity contribution in [2.24, 2.45) is 0 Å². The van der Waals surface area contributed by atoms with Gasteiger partial charge in [0.2, 0.25) is 0 Å². The highest BCUT2D eigenvalue weighted by molar-refractivity contribution is 8.00. The first-order valence-electron chi connectivity index (χ1n) is 4.60. The maximum Gasteiger partial charge on any atom is 0.441 e. The molecule has 1 N–H and O–H groups in total. The van der Waals surface area contributed by atoms with Crippen LogP contribution in [0.1, 0.15) is 5.56 Å². The Balaban J connectivity index is 2.43. The zero-order chi connectivity index (χ0) is 12.2. The van der Waals surface area contributed by atoms with Crippen LogP contribution in [0.25, 0.3) is 0 Å². The molecular weight excluding hydrogens is 259 g/mol. The molecule has 0 radical (unpaired) electrons. The first kappa shape index (κ1) is 13.5. The summed E-state index contributed by atoms with van der Waals surface area (Å²) >= 11 is 5.87. The van der Waals surface area contributed by atoms with Gasteiger partial charge < -0.3 is 5.32 Å². The van der Waals surface area contributed by atoms with E-state index in [2.05, 4.69) is 5.32 Å². The highest BCUT2D eigenvalue weighted by Crippen LogP contribution is 2.30. The van der Waals surface area contributed by atoms with Gasteiger partial charge in [0.25, 0.3) is 0 Å². The molecule has 6 heteroatoms. The van der Waals surface area contributed by atoms with Crippen molar-refractivity contribution in [1.82, 2.24) is 0 Å². The van der Waals surface area contributed by atoms with E-state index >= 15 is 0 Å². The fourth-order valence-corrected chi connectivity index (χ4v) is 1.92. The number of thioether (sulfide) groups is 1. The van der Waals surface area contributed by atoms with Crippen LogP contribution in [0.5, 0.6) is 0 Å². The summed E-state index contributed by atoms with van der Waals surface area (Å²) in [5.74, 6) is -0.0336. The number of hydrogen-bond acceptors (Lipinski definition) is 2. The number of aryl methyl sites for hydroxylation is 1. The lowest BCUT2D eigenvalue weighted by Gasteiger charge is -2.11. The molecule has 0 bridgehead atoms. The largest absolute Gasteiger partial charge is 0.441 e. The van der Waals surface area contributed by atoms with Crippen molar-refractivity contribution < 1.29 is 13.2 Å². The summed E-state index contributed by atoms with van der Waals surface area (Å²) in [6.07, 6.45) is 0. The van der Waals surface area contributed by atoms with Crippen molar-refractivity contribution in [3.05, 3.63) is 28.8 Å². The minimum Gasteiger partial charge on any atom is -0.383 e. The second-order valence-electron chi connectivity index (χ2n) is 3.15. The quantitative estimate of drug-likeness (QED) is 0.818. The highest BCUT2D eigenvalue weighted by Gasteiger charge is 2.27. The van der Waals surface area contributed by atoms with Crippen LogP contribution in [0.4, 0.5) is 18.9 Å². The smallest absolute Gasteiger partial charge is 0.383 e. The van der Waals surface area contributed by atoms with Gasteiger partial charge in [0, 0.05) is 12.3 Å². The Morgan fingerprint density at radius 2 is 2.06 bits per heavy atom. The average molecular weight is 270 g/mol. The van der Waals surface area contributed by atoms with Crippen LogP contribution < -0.4 is 5.32 Å². The normalized spacial score (nSPS) is 11.6. The molecule has 0 amide bonds. The maximum atomic E-state index is 11.8. The summed E-state index contributed by atoms with van der Waals surface area (Å²) in [6, 6.07) is 5.35. The van der Waals surface area contributed by atoms with Gasteiger partial charge in [-0.1, -0.05) is 23.7 Å². The van der Waals surface area contributed by atoms with E-state index in [-0.39, 0.29) is 24.1 Å². The lowest BCUT2D eigenvalue weighted by molar-refractivity contribution is -0.0327. The van der Waals surface area contributed by atoms with E-state index in [0.29, 0.717) is 10.7 Å². The molecule has 90 valence electrons. The molecule has 0 aliphatic heterocycles. The molecule has 1 aromatic carbocycles. The molecule has 1 nitrogen and oxygen atoms in total. The predicted molar refractivity (Wildman–Crippen MR) is 63.2 cm³/mol. The monoisotopic (exact) mass is 269 g/mol. The standard InChI is InChI=1S/C10H11ClF3NS/c1-7-3-2-4-8(11)9(7)15-5-6-16-10(12,13)14/h2-4,15H,5-6H2,1H3. The molecule has 0 fully saturated rings. The molecule has 16 heavy (non-hydrogen) atoms. The van der Waals surface area contributed by atoms with Gasteiger partial charge in [-0.3, -0.25) is 0 Å². The molecule has 0 atom stereocenters. The summed E-state index contributed by atoms with van der Waals surface area (Å²) in [5.41, 5.74) is -2.55. The number of benzene rings is 1. The Bertz CT molecular complexity index is 334. The molecule has 0 saturated heterocycles. The van der Waals surface area contributed by atoms with Crippen molar-refractivity contribution >= 4 is 29.1 Å². The third kappa shape index (κ3) is 4.53. The molecule has 0 spiro atoms. The summed E-state index contributed by atoms with van der Waals surface area (Å²) in [4.78, 5) is 0. The molecule has 0 heterocycles. The van der Waals surface area contributed by atoms with Crippen LogP contribution >= 0.6 is 23.4 Å². The average Bonchev–Trinajstić information content (AvgIpc) is 2.14. The number of halogens is 4. The van der Waals surface area contributed by atoms with E-state index in [0.717, 1.165) is 5.56 Å². The van der Waals surface area contributed by atoms with E-state index in [1.807, 2.05) is 13.0 Å². The van der Waals surface area contributed by atoms with Crippen molar-refractivity contribution in [2.75, 3.05) is 17.6 Å². The summed E-state index contributed by atoms with van der Waals surface area (Å²) in [6.45, 7) is 2.08. The number of nitrogens with one attached hydrogen (secondary N) is 1. The Morgan fingerprint density at radius 3 is 2.62 bits per heavy atom. The van der Waals surface area contributed by atoms with E-state index in [1.54, 1.807) is 12.1 Å². The molecule has 1 rings (SSSR count). The van der Waals surface area contributed by atoms with Crippen molar-refractivity contribution in [3.8, 4) is 0 Å². The van der Waals surface area contributed by atoms with Crippen LogP contribution in [0.3, 0.4) is 0 Å². The molecule has 0 unspecified atom stereocenters. The van der Waals surface area contributed by atoms with E-state index in [1.165, 1.54) is 0 Å². The third-order valence-electron chi connectivity index (χ3n) is 1.89. The number of hydrogen-bond donors (Lipinski definition) is 1. The fraction of sp³-hybridized carbons (Fsp3) is 0.400. The summed E-state index contributed by atoms with van der Waals surface area (Å²) < 4.78 is 35.5. The molecule has 0 saturated carbocycles. The first-order valence-corrected chi connectivity index (χ1v) is 5.96. The van der Waals surface area contributed by atoms with Gasteiger partial charge in [0.1, 0.15) is 0 Å². The SMILES string of the molecule is Cc1cccc(Cl)c1NCCSC(F)(F)F. The van der Waals surface area contributed by atoms with Crippen LogP contribution in [-0.2, 0) is 0 Å². The van der Waals surface area contributed by atoms with E-state index in [4.69, 9.17) is 11.6 Å². The molecule has 0 aromatic heterocycles. The van der Waals surface area contributed by atoms with Crippen molar-refractivity contribution in [3.63, 3.8) is 0 Å². The van der Waals surface area contributed by atoms with Crippen molar-refractivity contribution in [2.45, 2.75) is 12.4 Å². The predicted octanol–water partition coefficient (Wildman–Crippen LogP) is 4.31. The minimum atomic E-state index is -4.17. The van der Waals surface area contributed by atoms with Crippen LogP contribution in [-0.4, -0.2) is 17.8 Å². The van der Waals surface area contributed by atoms with Gasteiger partial charge in [0.05, 0.1) is 10.7 Å². The van der Waals surface area contributed by atoms with Crippen molar-refractivity contribution in [1.29, 1.82) is 0 Å². The summed E-state index contributed by atoms with van der Waals surface area (Å²) in [7, 11) is 0. The molecule has 1 aromatic rings. The number of alkyl halides is 3. The number of para-hydroxylation sites is 1. The zero-order valence-corrected chi connectivity index (χ0v) is 10.1. The van der Waals surface area contributed by atoms with Gasteiger partial charge >= 0.3 is 5.51 Å². The Labute approximate surface area is 101 Å². The molecule has 0 aliphatic rings. The second-order valence-corrected chi connectivity index (χ2v) is 4.72. The first-order chi connectivity index (χ1) is 7.40. The topological polar surface area (TPSA) is 12.0 Å². The maximum absolute atomic E-state index is 11.8. The van der Waals surface area contributed by atoms with Gasteiger partial charge in [-0.25, -0.2) is 0 Å². The third-order valence-corrected chi connectivity index (χ3v) is 2.94. The van der Waals surface area contributed by atoms with E-state index in [9.17, 15) is 13.2 Å². The Morgan fingerprint density at radius 1 is 1.38 bits per heavy atom. The zero-order valence-electron chi connectivity index (χ0n) is 8.57. The van der Waals surface area contributed by atoms with Gasteiger partial charge in [-0.15, -0.1) is 0 Å². The fourth-order valence-electron chi connectivity index (χ4n) is 1.20. The lowest BCUT2D eigenvalue weighted by atomic mass is 10.2. The Kier molecular flexibility index (Phi) is 4.80. The Hall–Kier alpha value is -0.550. The second kappa shape index (κ2) is 5.68. The molecular formula is C10H11ClF3NS. The minimum absolute atomic E-state index is 0.0336. The van der Waals surface area contributed by atoms with Gasteiger partial charge in [-0.2, -0.15) is 13.2 Å². The van der Waals surface area contributed by atoms with Gasteiger partial charge in [0.15, 0.2) is 0 Å². The van der Waals surface area contributed by atoms with Crippen LogP contribution in [0, 0.1) is 6.92 Å². The lowest BCUT2D eigenvalue weighted by Crippen LogP contribution is -2.10. The van der Waals surface area contributed by atoms with E-state index < -0.39 is 5.51 Å². The molecule has 0 aliphatic carbocycles. The summed E-state index contributed by atoms with van der Waals surface area (Å²) in [5, 5.41) is 3.43. The van der Waals surface area contributed by atoms with Crippen LogP contribution in [0.15, 0.2) is 18.2 Å². The van der Waals surface area contributed by atoms with Gasteiger partial charge in [-0.05, 0) is 30.3 Å². The number of anilines is 1. The number of rotatable bonds is 4.